The zero-order valence-electron chi connectivity index (χ0n) is 18.7. The van der Waals surface area contributed by atoms with Crippen LogP contribution in [0.25, 0.3) is 11.3 Å². The number of amides is 1. The fraction of sp³-hybridized carbons (Fsp3) is 0.250. The second-order valence-electron chi connectivity index (χ2n) is 8.10. The molecule has 12 heteroatoms. The van der Waals surface area contributed by atoms with Gasteiger partial charge in [-0.15, -0.1) is 0 Å². The Morgan fingerprint density at radius 3 is 2.44 bits per heavy atom. The Kier molecular flexibility index (Phi) is 7.05. The highest BCUT2D eigenvalue weighted by atomic mass is 32.2. The quantitative estimate of drug-likeness (QED) is 0.537. The number of alkyl halides is 3. The molecule has 1 fully saturated rings. The van der Waals surface area contributed by atoms with E-state index in [1.54, 1.807) is 6.07 Å². The standard InChI is InChI=1S/C24H20F3N5O3S/c25-24(26,27)18-7-5-17(6-8-18)21-12-19(30-15-31-21)14-29-23(33)22-2-1-11-32(22)36(34,35)20-9-3-16(13-28)4-10-20/h3-10,12,15,22H,1-2,11,14H2,(H,29,33). The number of benzene rings is 2. The largest absolute Gasteiger partial charge is 0.416 e. The first-order valence-corrected chi connectivity index (χ1v) is 12.3. The van der Waals surface area contributed by atoms with Gasteiger partial charge in [-0.2, -0.15) is 22.7 Å². The normalized spacial score (nSPS) is 16.4. The van der Waals surface area contributed by atoms with Gasteiger partial charge in [-0.05, 0) is 55.3 Å². The molecule has 1 aliphatic rings. The molecule has 36 heavy (non-hydrogen) atoms. The van der Waals surface area contributed by atoms with E-state index in [9.17, 15) is 26.4 Å². The fourth-order valence-corrected chi connectivity index (χ4v) is 5.56. The van der Waals surface area contributed by atoms with Gasteiger partial charge in [-0.3, -0.25) is 4.79 Å². The SMILES string of the molecule is N#Cc1ccc(S(=O)(=O)N2CCCC2C(=O)NCc2cc(-c3ccc(C(F)(F)F)cc3)ncn2)cc1. The lowest BCUT2D eigenvalue weighted by atomic mass is 10.1. The van der Waals surface area contributed by atoms with E-state index in [0.717, 1.165) is 16.4 Å². The van der Waals surface area contributed by atoms with Gasteiger partial charge < -0.3 is 5.32 Å². The second-order valence-corrected chi connectivity index (χ2v) is 9.99. The van der Waals surface area contributed by atoms with Crippen molar-refractivity contribution in [3.05, 3.63) is 77.7 Å². The van der Waals surface area contributed by atoms with E-state index >= 15 is 0 Å². The molecule has 1 saturated heterocycles. The van der Waals surface area contributed by atoms with Crippen LogP contribution in [0, 0.1) is 11.3 Å². The summed E-state index contributed by atoms with van der Waals surface area (Å²) >= 11 is 0. The summed E-state index contributed by atoms with van der Waals surface area (Å²) in [6, 6.07) is 12.6. The highest BCUT2D eigenvalue weighted by molar-refractivity contribution is 7.89. The van der Waals surface area contributed by atoms with Crippen molar-refractivity contribution in [2.45, 2.75) is 36.5 Å². The molecule has 0 saturated carbocycles. The molecular weight excluding hydrogens is 495 g/mol. The van der Waals surface area contributed by atoms with Crippen LogP contribution < -0.4 is 5.32 Å². The summed E-state index contributed by atoms with van der Waals surface area (Å²) in [5, 5.41) is 11.6. The smallest absolute Gasteiger partial charge is 0.349 e. The zero-order chi connectivity index (χ0) is 25.9. The van der Waals surface area contributed by atoms with Gasteiger partial charge in [0.25, 0.3) is 0 Å². The van der Waals surface area contributed by atoms with Crippen LogP contribution in [-0.4, -0.2) is 41.2 Å². The molecule has 2 aromatic carbocycles. The molecule has 1 aliphatic heterocycles. The monoisotopic (exact) mass is 515 g/mol. The molecular formula is C24H20F3N5O3S. The first-order valence-electron chi connectivity index (χ1n) is 10.9. The predicted molar refractivity (Wildman–Crippen MR) is 122 cm³/mol. The van der Waals surface area contributed by atoms with Crippen molar-refractivity contribution in [3.63, 3.8) is 0 Å². The average Bonchev–Trinajstić information content (AvgIpc) is 3.38. The molecule has 2 heterocycles. The maximum Gasteiger partial charge on any atom is 0.416 e. The van der Waals surface area contributed by atoms with Crippen LogP contribution in [0.15, 0.2) is 65.8 Å². The van der Waals surface area contributed by atoms with E-state index in [0.29, 0.717) is 35.4 Å². The number of aromatic nitrogens is 2. The number of sulfonamides is 1. The number of nitrogens with zero attached hydrogens (tertiary/aromatic N) is 4. The topological polar surface area (TPSA) is 116 Å². The number of halogens is 3. The van der Waals surface area contributed by atoms with Gasteiger partial charge in [0, 0.05) is 12.1 Å². The maximum absolute atomic E-state index is 13.1. The van der Waals surface area contributed by atoms with Crippen LogP contribution in [0.1, 0.15) is 29.7 Å². The molecule has 0 aliphatic carbocycles. The Balaban J connectivity index is 1.44. The van der Waals surface area contributed by atoms with Crippen LogP contribution >= 0.6 is 0 Å². The third-order valence-corrected chi connectivity index (χ3v) is 7.69. The van der Waals surface area contributed by atoms with E-state index in [2.05, 4.69) is 15.3 Å². The third kappa shape index (κ3) is 5.37. The van der Waals surface area contributed by atoms with E-state index in [-0.39, 0.29) is 18.0 Å². The second kappa shape index (κ2) is 10.0. The molecule has 1 unspecified atom stereocenters. The molecule has 0 radical (unpaired) electrons. The number of nitriles is 1. The molecule has 1 amide bonds. The third-order valence-electron chi connectivity index (χ3n) is 5.77. The van der Waals surface area contributed by atoms with E-state index in [1.165, 1.54) is 42.7 Å². The number of hydrogen-bond acceptors (Lipinski definition) is 6. The van der Waals surface area contributed by atoms with Gasteiger partial charge in [0.1, 0.15) is 12.4 Å². The summed E-state index contributed by atoms with van der Waals surface area (Å²) < 4.78 is 65.7. The lowest BCUT2D eigenvalue weighted by Crippen LogP contribution is -2.45. The number of carbonyl (C=O) groups excluding carboxylic acids is 1. The molecule has 1 atom stereocenters. The van der Waals surface area contributed by atoms with E-state index in [4.69, 9.17) is 5.26 Å². The van der Waals surface area contributed by atoms with Crippen molar-refractivity contribution in [1.29, 1.82) is 5.26 Å². The van der Waals surface area contributed by atoms with Crippen molar-refractivity contribution < 1.29 is 26.4 Å². The van der Waals surface area contributed by atoms with Crippen LogP contribution in [-0.2, 0) is 27.5 Å². The minimum absolute atomic E-state index is 0.00168. The first kappa shape index (κ1) is 25.3. The summed E-state index contributed by atoms with van der Waals surface area (Å²) in [6.45, 7) is 0.169. The lowest BCUT2D eigenvalue weighted by molar-refractivity contribution is -0.137. The predicted octanol–water partition coefficient (Wildman–Crippen LogP) is 3.50. The van der Waals surface area contributed by atoms with E-state index in [1.807, 2.05) is 6.07 Å². The number of rotatable bonds is 6. The minimum atomic E-state index is -4.44. The van der Waals surface area contributed by atoms with Crippen molar-refractivity contribution >= 4 is 15.9 Å². The summed E-state index contributed by atoms with van der Waals surface area (Å²) in [5.74, 6) is -0.487. The highest BCUT2D eigenvalue weighted by Crippen LogP contribution is 2.31. The zero-order valence-corrected chi connectivity index (χ0v) is 19.6. The summed E-state index contributed by atoms with van der Waals surface area (Å²) in [5.41, 5.74) is 0.796. The molecule has 1 aromatic heterocycles. The van der Waals surface area contributed by atoms with Gasteiger partial charge in [0.15, 0.2) is 0 Å². The summed E-state index contributed by atoms with van der Waals surface area (Å²) in [4.78, 5) is 21.1. The maximum atomic E-state index is 13.1. The van der Waals surface area contributed by atoms with Crippen molar-refractivity contribution in [2.24, 2.45) is 0 Å². The fourth-order valence-electron chi connectivity index (χ4n) is 3.90. The molecule has 0 spiro atoms. The number of carbonyl (C=O) groups is 1. The molecule has 3 aromatic rings. The minimum Gasteiger partial charge on any atom is -0.349 e. The molecule has 186 valence electrons. The van der Waals surface area contributed by atoms with Gasteiger partial charge in [-0.25, -0.2) is 18.4 Å². The molecule has 8 nitrogen and oxygen atoms in total. The lowest BCUT2D eigenvalue weighted by Gasteiger charge is -2.23. The van der Waals surface area contributed by atoms with Crippen LogP contribution in [0.4, 0.5) is 13.2 Å². The van der Waals surface area contributed by atoms with Crippen molar-refractivity contribution in [2.75, 3.05) is 6.54 Å². The Morgan fingerprint density at radius 2 is 1.81 bits per heavy atom. The van der Waals surface area contributed by atoms with Gasteiger partial charge in [0.05, 0.1) is 40.0 Å². The van der Waals surface area contributed by atoms with Gasteiger partial charge in [-0.1, -0.05) is 12.1 Å². The molecule has 4 rings (SSSR count). The number of hydrogen-bond donors (Lipinski definition) is 1. The molecule has 1 N–H and O–H groups in total. The molecule has 0 bridgehead atoms. The Hall–Kier alpha value is -3.82. The Labute approximate surface area is 205 Å². The Morgan fingerprint density at radius 1 is 1.11 bits per heavy atom. The van der Waals surface area contributed by atoms with Crippen LogP contribution in [0.5, 0.6) is 0 Å². The van der Waals surface area contributed by atoms with Crippen molar-refractivity contribution in [1.82, 2.24) is 19.6 Å². The van der Waals surface area contributed by atoms with Gasteiger partial charge in [0.2, 0.25) is 15.9 Å². The van der Waals surface area contributed by atoms with Gasteiger partial charge >= 0.3 is 6.18 Å². The van der Waals surface area contributed by atoms with Crippen molar-refractivity contribution in [3.8, 4) is 17.3 Å². The van der Waals surface area contributed by atoms with Crippen LogP contribution in [0.2, 0.25) is 0 Å². The van der Waals surface area contributed by atoms with Crippen LogP contribution in [0.3, 0.4) is 0 Å². The first-order chi connectivity index (χ1) is 17.1. The summed E-state index contributed by atoms with van der Waals surface area (Å²) in [6.07, 6.45) is -2.34. The Bertz CT molecular complexity index is 1400. The highest BCUT2D eigenvalue weighted by Gasteiger charge is 2.39. The average molecular weight is 516 g/mol. The van der Waals surface area contributed by atoms with E-state index < -0.39 is 33.7 Å². The summed E-state index contributed by atoms with van der Waals surface area (Å²) in [7, 11) is -3.94. The number of nitrogens with one attached hydrogen (secondary N) is 1.